The van der Waals surface area contributed by atoms with Crippen LogP contribution in [0.1, 0.15) is 18.7 Å². The minimum Gasteiger partial charge on any atom is -0.352 e. The van der Waals surface area contributed by atoms with E-state index in [9.17, 15) is 13.2 Å². The van der Waals surface area contributed by atoms with Crippen molar-refractivity contribution >= 4 is 11.5 Å². The van der Waals surface area contributed by atoms with Gasteiger partial charge in [0, 0.05) is 25.2 Å². The second-order valence-electron chi connectivity index (χ2n) is 5.53. The molecule has 4 heterocycles. The minimum absolute atomic E-state index is 0.101. The molecule has 1 N–H and O–H groups in total. The van der Waals surface area contributed by atoms with E-state index in [1.54, 1.807) is 6.07 Å². The van der Waals surface area contributed by atoms with Gasteiger partial charge in [-0.3, -0.25) is 0 Å². The monoisotopic (exact) mass is 298 g/mol. The molecule has 2 saturated heterocycles. The van der Waals surface area contributed by atoms with E-state index in [1.807, 2.05) is 4.90 Å². The molecule has 2 aromatic heterocycles. The number of fused-ring (bicyclic) bond motifs is 3. The van der Waals surface area contributed by atoms with Crippen LogP contribution >= 0.6 is 0 Å². The van der Waals surface area contributed by atoms with Crippen molar-refractivity contribution in [1.82, 2.24) is 25.1 Å². The van der Waals surface area contributed by atoms with Crippen LogP contribution in [0.15, 0.2) is 12.1 Å². The Bertz CT molecular complexity index is 669. The molecule has 2 atom stereocenters. The highest BCUT2D eigenvalue weighted by Crippen LogP contribution is 2.29. The quantitative estimate of drug-likeness (QED) is 0.854. The smallest absolute Gasteiger partial charge is 0.352 e. The summed E-state index contributed by atoms with van der Waals surface area (Å²) in [6.07, 6.45) is -2.36. The number of rotatable bonds is 1. The lowest BCUT2D eigenvalue weighted by Gasteiger charge is -2.33. The summed E-state index contributed by atoms with van der Waals surface area (Å²) < 4.78 is 39.4. The van der Waals surface area contributed by atoms with E-state index in [0.29, 0.717) is 17.9 Å². The second-order valence-corrected chi connectivity index (χ2v) is 5.53. The Morgan fingerprint density at radius 3 is 2.48 bits per heavy atom. The molecule has 0 radical (unpaired) electrons. The third-order valence-electron chi connectivity index (χ3n) is 4.04. The third-order valence-corrected chi connectivity index (χ3v) is 4.04. The molecule has 2 aromatic rings. The largest absolute Gasteiger partial charge is 0.453 e. The molecule has 0 aromatic carbocycles. The molecular weight excluding hydrogens is 285 g/mol. The molecule has 2 bridgehead atoms. The van der Waals surface area contributed by atoms with Crippen molar-refractivity contribution < 1.29 is 13.2 Å². The maximum atomic E-state index is 12.9. The highest BCUT2D eigenvalue weighted by molar-refractivity contribution is 5.47. The number of hydrogen-bond acceptors (Lipinski definition) is 5. The predicted octanol–water partition coefficient (Wildman–Crippen LogP) is 1.08. The van der Waals surface area contributed by atoms with Crippen molar-refractivity contribution in [1.29, 1.82) is 0 Å². The SMILES string of the molecule is FC(F)(F)c1nnc2ccc(N3CC4CCC(C3)N4)nn12. The fourth-order valence-electron chi connectivity index (χ4n) is 3.11. The topological polar surface area (TPSA) is 58.4 Å². The first kappa shape index (κ1) is 12.8. The maximum absolute atomic E-state index is 12.9. The molecule has 21 heavy (non-hydrogen) atoms. The maximum Gasteiger partial charge on any atom is 0.453 e. The van der Waals surface area contributed by atoms with E-state index in [1.165, 1.54) is 6.07 Å². The Hall–Kier alpha value is -1.90. The van der Waals surface area contributed by atoms with Crippen molar-refractivity contribution in [2.45, 2.75) is 31.1 Å². The third kappa shape index (κ3) is 2.11. The molecule has 6 nitrogen and oxygen atoms in total. The zero-order valence-corrected chi connectivity index (χ0v) is 11.0. The van der Waals surface area contributed by atoms with Crippen LogP contribution < -0.4 is 10.2 Å². The van der Waals surface area contributed by atoms with Crippen molar-refractivity contribution in [2.24, 2.45) is 0 Å². The van der Waals surface area contributed by atoms with Gasteiger partial charge in [0.15, 0.2) is 5.65 Å². The number of aromatic nitrogens is 4. The number of halogens is 3. The van der Waals surface area contributed by atoms with Crippen LogP contribution in [-0.2, 0) is 6.18 Å². The van der Waals surface area contributed by atoms with Gasteiger partial charge in [0.05, 0.1) is 0 Å². The van der Waals surface area contributed by atoms with Gasteiger partial charge in [-0.15, -0.1) is 15.3 Å². The molecule has 2 unspecified atom stereocenters. The Kier molecular flexibility index (Phi) is 2.62. The van der Waals surface area contributed by atoms with Crippen molar-refractivity contribution in [3.05, 3.63) is 18.0 Å². The molecule has 2 fully saturated rings. The summed E-state index contributed by atoms with van der Waals surface area (Å²) in [5.41, 5.74) is 0.101. The van der Waals surface area contributed by atoms with Crippen LogP contribution in [-0.4, -0.2) is 45.0 Å². The van der Waals surface area contributed by atoms with Gasteiger partial charge in [-0.25, -0.2) is 0 Å². The van der Waals surface area contributed by atoms with E-state index in [0.717, 1.165) is 30.4 Å². The van der Waals surface area contributed by atoms with Gasteiger partial charge in [-0.2, -0.15) is 17.7 Å². The molecular formula is C12H13F3N6. The zero-order valence-electron chi connectivity index (χ0n) is 11.0. The average Bonchev–Trinajstić information content (AvgIpc) is 3.00. The van der Waals surface area contributed by atoms with Gasteiger partial charge in [0.1, 0.15) is 5.82 Å². The van der Waals surface area contributed by atoms with E-state index in [2.05, 4.69) is 20.6 Å². The van der Waals surface area contributed by atoms with E-state index in [-0.39, 0.29) is 5.65 Å². The number of nitrogens with zero attached hydrogens (tertiary/aromatic N) is 5. The summed E-state index contributed by atoms with van der Waals surface area (Å²) in [6, 6.07) is 4.01. The summed E-state index contributed by atoms with van der Waals surface area (Å²) in [5, 5.41) is 14.3. The number of piperazine rings is 1. The van der Waals surface area contributed by atoms with Crippen LogP contribution in [0.25, 0.3) is 5.65 Å². The van der Waals surface area contributed by atoms with Crippen molar-refractivity contribution in [3.8, 4) is 0 Å². The fraction of sp³-hybridized carbons (Fsp3) is 0.583. The summed E-state index contributed by atoms with van der Waals surface area (Å²) in [7, 11) is 0. The summed E-state index contributed by atoms with van der Waals surface area (Å²) >= 11 is 0. The van der Waals surface area contributed by atoms with E-state index < -0.39 is 12.0 Å². The first-order valence-corrected chi connectivity index (χ1v) is 6.81. The Morgan fingerprint density at radius 1 is 1.10 bits per heavy atom. The van der Waals surface area contributed by atoms with Crippen LogP contribution in [0.5, 0.6) is 0 Å². The van der Waals surface area contributed by atoms with Crippen LogP contribution in [0.2, 0.25) is 0 Å². The summed E-state index contributed by atoms with van der Waals surface area (Å²) in [6.45, 7) is 1.52. The first-order chi connectivity index (χ1) is 10.0. The van der Waals surface area contributed by atoms with Gasteiger partial charge >= 0.3 is 6.18 Å². The average molecular weight is 298 g/mol. The lowest BCUT2D eigenvalue weighted by molar-refractivity contribution is -0.146. The van der Waals surface area contributed by atoms with E-state index >= 15 is 0 Å². The Labute approximate surface area is 117 Å². The van der Waals surface area contributed by atoms with E-state index in [4.69, 9.17) is 0 Å². The van der Waals surface area contributed by atoms with Crippen LogP contribution in [0, 0.1) is 0 Å². The van der Waals surface area contributed by atoms with Gasteiger partial charge in [0.25, 0.3) is 5.82 Å². The standard InChI is InChI=1S/C12H13F3N6/c13-12(14,15)11-18-17-9-3-4-10(19-21(9)11)20-5-7-1-2-8(6-20)16-7/h3-4,7-8,16H,1-2,5-6H2. The number of alkyl halides is 3. The molecule has 4 rings (SSSR count). The Balaban J connectivity index is 1.73. The van der Waals surface area contributed by atoms with Gasteiger partial charge in [-0.05, 0) is 25.0 Å². The van der Waals surface area contributed by atoms with Crippen molar-refractivity contribution in [3.63, 3.8) is 0 Å². The highest BCUT2D eigenvalue weighted by atomic mass is 19.4. The normalized spacial score (nSPS) is 25.8. The van der Waals surface area contributed by atoms with Crippen molar-refractivity contribution in [2.75, 3.05) is 18.0 Å². The molecule has 2 aliphatic rings. The molecule has 0 aliphatic carbocycles. The zero-order chi connectivity index (χ0) is 14.6. The number of nitrogens with one attached hydrogen (secondary N) is 1. The summed E-state index contributed by atoms with van der Waals surface area (Å²) in [5.74, 6) is -0.552. The van der Waals surface area contributed by atoms with Gasteiger partial charge in [0.2, 0.25) is 0 Å². The lowest BCUT2D eigenvalue weighted by atomic mass is 10.2. The predicted molar refractivity (Wildman–Crippen MR) is 67.9 cm³/mol. The molecule has 0 spiro atoms. The number of hydrogen-bond donors (Lipinski definition) is 1. The molecule has 2 aliphatic heterocycles. The highest BCUT2D eigenvalue weighted by Gasteiger charge is 2.38. The fourth-order valence-corrected chi connectivity index (χ4v) is 3.11. The Morgan fingerprint density at radius 2 is 1.81 bits per heavy atom. The molecule has 112 valence electrons. The summed E-state index contributed by atoms with van der Waals surface area (Å²) in [4.78, 5) is 2.03. The molecule has 0 saturated carbocycles. The minimum atomic E-state index is -4.56. The molecule has 9 heteroatoms. The van der Waals surface area contributed by atoms with Crippen LogP contribution in [0.4, 0.5) is 19.0 Å². The lowest BCUT2D eigenvalue weighted by Crippen LogP contribution is -2.51. The first-order valence-electron chi connectivity index (χ1n) is 6.81. The number of anilines is 1. The second kappa shape index (κ2) is 4.30. The van der Waals surface area contributed by atoms with Gasteiger partial charge < -0.3 is 10.2 Å². The van der Waals surface area contributed by atoms with Crippen LogP contribution in [0.3, 0.4) is 0 Å². The van der Waals surface area contributed by atoms with Gasteiger partial charge in [-0.1, -0.05) is 0 Å². The molecule has 0 amide bonds.